The van der Waals surface area contributed by atoms with E-state index < -0.39 is 5.97 Å². The maximum absolute atomic E-state index is 11.6. The molecule has 17 heavy (non-hydrogen) atoms. The van der Waals surface area contributed by atoms with Gasteiger partial charge in [0.2, 0.25) is 5.75 Å². The van der Waals surface area contributed by atoms with Crippen LogP contribution in [0.5, 0.6) is 11.6 Å². The van der Waals surface area contributed by atoms with Crippen molar-refractivity contribution in [3.05, 3.63) is 18.1 Å². The first-order chi connectivity index (χ1) is 8.22. The Morgan fingerprint density at radius 2 is 2.06 bits per heavy atom. The molecule has 2 aromatic rings. The standard InChI is InChI=1S/C10H11N3O4/c1-15-8-7-6(10(14)17-3)4-12-13(7)5-11-9(8)16-2/h4-5H,1-3H3. The first-order valence-corrected chi connectivity index (χ1v) is 4.75. The Kier molecular flexibility index (Phi) is 2.82. The van der Waals surface area contributed by atoms with Gasteiger partial charge in [-0.05, 0) is 0 Å². The molecule has 0 fully saturated rings. The van der Waals surface area contributed by atoms with E-state index in [1.165, 1.54) is 38.4 Å². The summed E-state index contributed by atoms with van der Waals surface area (Å²) in [6, 6.07) is 0. The summed E-state index contributed by atoms with van der Waals surface area (Å²) >= 11 is 0. The number of hydrogen-bond donors (Lipinski definition) is 0. The zero-order chi connectivity index (χ0) is 12.4. The first-order valence-electron chi connectivity index (χ1n) is 4.75. The Labute approximate surface area is 96.9 Å². The fraction of sp³-hybridized carbons (Fsp3) is 0.300. The lowest BCUT2D eigenvalue weighted by Gasteiger charge is -2.08. The number of hydrogen-bond acceptors (Lipinski definition) is 6. The Hall–Kier alpha value is -2.31. The van der Waals surface area contributed by atoms with Gasteiger partial charge in [-0.15, -0.1) is 0 Å². The second-order valence-electron chi connectivity index (χ2n) is 3.13. The molecule has 0 N–H and O–H groups in total. The quantitative estimate of drug-likeness (QED) is 0.725. The van der Waals surface area contributed by atoms with Crippen LogP contribution in [0.25, 0.3) is 5.52 Å². The van der Waals surface area contributed by atoms with Gasteiger partial charge in [-0.3, -0.25) is 0 Å². The van der Waals surface area contributed by atoms with Crippen molar-refractivity contribution in [2.75, 3.05) is 21.3 Å². The molecule has 0 saturated heterocycles. The Morgan fingerprint density at radius 1 is 1.29 bits per heavy atom. The first kappa shape index (κ1) is 11.2. The highest BCUT2D eigenvalue weighted by atomic mass is 16.5. The summed E-state index contributed by atoms with van der Waals surface area (Å²) in [7, 11) is 4.24. The minimum absolute atomic E-state index is 0.283. The highest BCUT2D eigenvalue weighted by molar-refractivity contribution is 5.98. The maximum atomic E-state index is 11.6. The van der Waals surface area contributed by atoms with Crippen molar-refractivity contribution >= 4 is 11.5 Å². The molecule has 0 aliphatic heterocycles. The third kappa shape index (κ3) is 1.65. The van der Waals surface area contributed by atoms with Gasteiger partial charge in [0.15, 0.2) is 0 Å². The lowest BCUT2D eigenvalue weighted by Crippen LogP contribution is -2.03. The van der Waals surface area contributed by atoms with Gasteiger partial charge in [0.1, 0.15) is 17.4 Å². The number of rotatable bonds is 3. The summed E-state index contributed by atoms with van der Waals surface area (Å²) in [6.45, 7) is 0. The number of carbonyl (C=O) groups is 1. The second-order valence-corrected chi connectivity index (χ2v) is 3.13. The normalized spacial score (nSPS) is 10.3. The van der Waals surface area contributed by atoms with Crippen LogP contribution in [0.4, 0.5) is 0 Å². The number of aromatic nitrogens is 3. The maximum Gasteiger partial charge on any atom is 0.341 e. The van der Waals surface area contributed by atoms with Gasteiger partial charge in [0.05, 0.1) is 27.5 Å². The third-order valence-electron chi connectivity index (χ3n) is 2.29. The van der Waals surface area contributed by atoms with Gasteiger partial charge in [0.25, 0.3) is 5.88 Å². The molecule has 2 heterocycles. The Morgan fingerprint density at radius 3 is 2.65 bits per heavy atom. The smallest absolute Gasteiger partial charge is 0.341 e. The van der Waals surface area contributed by atoms with Crippen LogP contribution in [-0.4, -0.2) is 41.9 Å². The minimum Gasteiger partial charge on any atom is -0.490 e. The van der Waals surface area contributed by atoms with E-state index in [1.54, 1.807) is 0 Å². The summed E-state index contributed by atoms with van der Waals surface area (Å²) < 4.78 is 16.3. The van der Waals surface area contributed by atoms with Crippen molar-refractivity contribution < 1.29 is 19.0 Å². The number of fused-ring (bicyclic) bond motifs is 1. The predicted octanol–water partition coefficient (Wildman–Crippen LogP) is 0.533. The van der Waals surface area contributed by atoms with Crippen LogP contribution in [0.2, 0.25) is 0 Å². The molecule has 0 atom stereocenters. The topological polar surface area (TPSA) is 75.0 Å². The predicted molar refractivity (Wildman–Crippen MR) is 57.4 cm³/mol. The van der Waals surface area contributed by atoms with Crippen LogP contribution in [0.3, 0.4) is 0 Å². The number of nitrogens with zero attached hydrogens (tertiary/aromatic N) is 3. The number of methoxy groups -OCH3 is 3. The van der Waals surface area contributed by atoms with Crippen LogP contribution in [0, 0.1) is 0 Å². The summed E-state index contributed by atoms with van der Waals surface area (Å²) in [5, 5.41) is 3.99. The van der Waals surface area contributed by atoms with Gasteiger partial charge in [-0.25, -0.2) is 9.31 Å². The second kappa shape index (κ2) is 4.28. The van der Waals surface area contributed by atoms with E-state index >= 15 is 0 Å². The fourth-order valence-electron chi connectivity index (χ4n) is 1.53. The van der Waals surface area contributed by atoms with Crippen LogP contribution in [0.1, 0.15) is 10.4 Å². The molecule has 0 aliphatic rings. The molecule has 2 rings (SSSR count). The van der Waals surface area contributed by atoms with E-state index in [1.807, 2.05) is 0 Å². The summed E-state index contributed by atoms with van der Waals surface area (Å²) in [6.07, 6.45) is 2.83. The van der Waals surface area contributed by atoms with E-state index in [-0.39, 0.29) is 5.88 Å². The number of carbonyl (C=O) groups excluding carboxylic acids is 1. The highest BCUT2D eigenvalue weighted by Gasteiger charge is 2.20. The van der Waals surface area contributed by atoms with Crippen LogP contribution in [0.15, 0.2) is 12.5 Å². The molecular formula is C10H11N3O4. The van der Waals surface area contributed by atoms with Crippen molar-refractivity contribution in [3.63, 3.8) is 0 Å². The van der Waals surface area contributed by atoms with Crippen LogP contribution >= 0.6 is 0 Å². The van der Waals surface area contributed by atoms with Crippen molar-refractivity contribution in [1.82, 2.24) is 14.6 Å². The Balaban J connectivity index is 2.75. The Bertz CT molecular complexity index is 564. The average Bonchev–Trinajstić information content (AvgIpc) is 2.80. The molecule has 0 aliphatic carbocycles. The van der Waals surface area contributed by atoms with Crippen LogP contribution in [-0.2, 0) is 4.74 Å². The molecule has 7 heteroatoms. The number of esters is 1. The van der Waals surface area contributed by atoms with E-state index in [2.05, 4.69) is 14.8 Å². The fourth-order valence-corrected chi connectivity index (χ4v) is 1.53. The van der Waals surface area contributed by atoms with Crippen molar-refractivity contribution in [1.29, 1.82) is 0 Å². The summed E-state index contributed by atoms with van der Waals surface area (Å²) in [5.74, 6) is 0.130. The van der Waals surface area contributed by atoms with E-state index in [4.69, 9.17) is 9.47 Å². The molecule has 0 saturated carbocycles. The molecule has 0 unspecified atom stereocenters. The zero-order valence-electron chi connectivity index (χ0n) is 9.63. The number of ether oxygens (including phenoxy) is 3. The van der Waals surface area contributed by atoms with E-state index in [9.17, 15) is 4.79 Å². The van der Waals surface area contributed by atoms with Crippen molar-refractivity contribution in [2.45, 2.75) is 0 Å². The molecule has 0 aromatic carbocycles. The zero-order valence-corrected chi connectivity index (χ0v) is 9.63. The van der Waals surface area contributed by atoms with Gasteiger partial charge >= 0.3 is 5.97 Å². The lowest BCUT2D eigenvalue weighted by molar-refractivity contribution is 0.0602. The largest absolute Gasteiger partial charge is 0.490 e. The molecule has 0 amide bonds. The monoisotopic (exact) mass is 237 g/mol. The lowest BCUT2D eigenvalue weighted by atomic mass is 10.2. The van der Waals surface area contributed by atoms with Crippen LogP contribution < -0.4 is 9.47 Å². The van der Waals surface area contributed by atoms with Crippen molar-refractivity contribution in [3.8, 4) is 11.6 Å². The van der Waals surface area contributed by atoms with Gasteiger partial charge in [-0.1, -0.05) is 0 Å². The van der Waals surface area contributed by atoms with Crippen molar-refractivity contribution in [2.24, 2.45) is 0 Å². The SMILES string of the molecule is COC(=O)c1cnn2cnc(OC)c(OC)c12. The average molecular weight is 237 g/mol. The van der Waals surface area contributed by atoms with Gasteiger partial charge in [-0.2, -0.15) is 10.1 Å². The molecule has 0 spiro atoms. The highest BCUT2D eigenvalue weighted by Crippen LogP contribution is 2.31. The molecule has 7 nitrogen and oxygen atoms in total. The molecule has 0 radical (unpaired) electrons. The summed E-state index contributed by atoms with van der Waals surface area (Å²) in [4.78, 5) is 15.6. The van der Waals surface area contributed by atoms with Gasteiger partial charge < -0.3 is 14.2 Å². The molecule has 2 aromatic heterocycles. The third-order valence-corrected chi connectivity index (χ3v) is 2.29. The van der Waals surface area contributed by atoms with Gasteiger partial charge in [0, 0.05) is 0 Å². The molecule has 90 valence electrons. The minimum atomic E-state index is -0.494. The summed E-state index contributed by atoms with van der Waals surface area (Å²) in [5.41, 5.74) is 0.760. The van der Waals surface area contributed by atoms with E-state index in [0.717, 1.165) is 0 Å². The molecular weight excluding hydrogens is 226 g/mol. The molecule has 0 bridgehead atoms. The van der Waals surface area contributed by atoms with E-state index in [0.29, 0.717) is 16.8 Å².